The topological polar surface area (TPSA) is 59.9 Å². The molecule has 3 aromatic carbocycles. The fraction of sp³-hybridized carbons (Fsp3) is 0.182. The van der Waals surface area contributed by atoms with E-state index in [1.807, 2.05) is 60.7 Å². The lowest BCUT2D eigenvalue weighted by Gasteiger charge is -2.09. The Morgan fingerprint density at radius 1 is 1.11 bits per heavy atom. The zero-order valence-electron chi connectivity index (χ0n) is 15.4. The van der Waals surface area contributed by atoms with Crippen molar-refractivity contribution in [3.05, 3.63) is 71.8 Å². The lowest BCUT2D eigenvalue weighted by molar-refractivity contribution is -0.123. The number of amides is 1. The number of fused-ring (bicyclic) bond motifs is 1. The van der Waals surface area contributed by atoms with Crippen LogP contribution < -0.4 is 14.9 Å². The third-order valence-corrected chi connectivity index (χ3v) is 4.21. The highest BCUT2D eigenvalue weighted by Gasteiger charge is 2.07. The second-order valence-electron chi connectivity index (χ2n) is 5.99. The number of carbonyl (C=O) groups excluding carboxylic acids is 1. The summed E-state index contributed by atoms with van der Waals surface area (Å²) in [4.78, 5) is 12.0. The fourth-order valence-electron chi connectivity index (χ4n) is 2.79. The average molecular weight is 362 g/mol. The Labute approximate surface area is 158 Å². The maximum Gasteiger partial charge on any atom is 0.277 e. The number of hydrogen-bond donors (Lipinski definition) is 1. The molecule has 138 valence electrons. The number of rotatable bonds is 7. The van der Waals surface area contributed by atoms with Gasteiger partial charge in [0, 0.05) is 5.56 Å². The van der Waals surface area contributed by atoms with Crippen LogP contribution in [0.2, 0.25) is 0 Å². The molecule has 0 aliphatic heterocycles. The number of methoxy groups -OCH3 is 1. The van der Waals surface area contributed by atoms with Crippen molar-refractivity contribution < 1.29 is 14.3 Å². The molecule has 5 nitrogen and oxygen atoms in total. The number of hydrazone groups is 1. The van der Waals surface area contributed by atoms with Gasteiger partial charge in [-0.1, -0.05) is 49.4 Å². The van der Waals surface area contributed by atoms with Gasteiger partial charge in [0.05, 0.1) is 13.3 Å². The van der Waals surface area contributed by atoms with E-state index < -0.39 is 0 Å². The largest absolute Gasteiger partial charge is 0.496 e. The van der Waals surface area contributed by atoms with Crippen molar-refractivity contribution in [2.75, 3.05) is 13.7 Å². The zero-order chi connectivity index (χ0) is 19.1. The second kappa shape index (κ2) is 8.85. The molecule has 0 aliphatic rings. The molecule has 0 saturated carbocycles. The summed E-state index contributed by atoms with van der Waals surface area (Å²) >= 11 is 0. The summed E-state index contributed by atoms with van der Waals surface area (Å²) in [6.45, 7) is 1.97. The number of aryl methyl sites for hydroxylation is 1. The van der Waals surface area contributed by atoms with Crippen LogP contribution >= 0.6 is 0 Å². The Kier molecular flexibility index (Phi) is 6.05. The Bertz CT molecular complexity index is 967. The van der Waals surface area contributed by atoms with Crippen molar-refractivity contribution in [3.8, 4) is 11.5 Å². The second-order valence-corrected chi connectivity index (χ2v) is 5.99. The molecule has 0 heterocycles. The van der Waals surface area contributed by atoms with Crippen molar-refractivity contribution in [2.45, 2.75) is 13.3 Å². The number of ether oxygens (including phenoxy) is 2. The van der Waals surface area contributed by atoms with E-state index in [4.69, 9.17) is 9.47 Å². The molecule has 5 heteroatoms. The Morgan fingerprint density at radius 2 is 1.96 bits per heavy atom. The lowest BCUT2D eigenvalue weighted by atomic mass is 10.0. The molecule has 0 spiro atoms. The summed E-state index contributed by atoms with van der Waals surface area (Å²) in [7, 11) is 1.61. The summed E-state index contributed by atoms with van der Waals surface area (Å²) in [6.07, 6.45) is 2.51. The van der Waals surface area contributed by atoms with Crippen LogP contribution in [0, 0.1) is 0 Å². The highest BCUT2D eigenvalue weighted by Crippen LogP contribution is 2.26. The quantitative estimate of drug-likeness (QED) is 0.512. The predicted molar refractivity (Wildman–Crippen MR) is 108 cm³/mol. The van der Waals surface area contributed by atoms with E-state index in [1.54, 1.807) is 13.3 Å². The molecule has 1 amide bonds. The van der Waals surface area contributed by atoms with Gasteiger partial charge >= 0.3 is 0 Å². The minimum Gasteiger partial charge on any atom is -0.496 e. The minimum atomic E-state index is -0.327. The van der Waals surface area contributed by atoms with Gasteiger partial charge in [-0.05, 0) is 41.0 Å². The number of carbonyl (C=O) groups is 1. The van der Waals surface area contributed by atoms with E-state index in [0.717, 1.165) is 28.3 Å². The van der Waals surface area contributed by atoms with E-state index in [0.29, 0.717) is 11.5 Å². The molecule has 0 atom stereocenters. The van der Waals surface area contributed by atoms with Crippen molar-refractivity contribution in [1.29, 1.82) is 0 Å². The first-order valence-corrected chi connectivity index (χ1v) is 8.80. The van der Waals surface area contributed by atoms with Gasteiger partial charge in [0.2, 0.25) is 0 Å². The normalized spacial score (nSPS) is 10.9. The third kappa shape index (κ3) is 4.64. The molecule has 0 radical (unpaired) electrons. The molecule has 1 N–H and O–H groups in total. The lowest BCUT2D eigenvalue weighted by Crippen LogP contribution is -2.24. The van der Waals surface area contributed by atoms with Crippen molar-refractivity contribution >= 4 is 22.9 Å². The number of nitrogens with zero attached hydrogens (tertiary/aromatic N) is 1. The molecule has 0 fully saturated rings. The molecule has 27 heavy (non-hydrogen) atoms. The number of nitrogens with one attached hydrogen (secondary N) is 1. The van der Waals surface area contributed by atoms with Crippen molar-refractivity contribution in [2.24, 2.45) is 5.10 Å². The van der Waals surface area contributed by atoms with Gasteiger partial charge in [0.15, 0.2) is 6.61 Å². The van der Waals surface area contributed by atoms with Crippen LogP contribution in [0.1, 0.15) is 18.1 Å². The highest BCUT2D eigenvalue weighted by molar-refractivity contribution is 6.02. The number of hydrogen-bond acceptors (Lipinski definition) is 4. The first-order valence-electron chi connectivity index (χ1n) is 8.80. The Hall–Kier alpha value is -3.34. The maximum absolute atomic E-state index is 12.0. The molecule has 3 rings (SSSR count). The van der Waals surface area contributed by atoms with Crippen LogP contribution in [0.5, 0.6) is 11.5 Å². The van der Waals surface area contributed by atoms with Gasteiger partial charge < -0.3 is 9.47 Å². The molecule has 0 saturated heterocycles. The van der Waals surface area contributed by atoms with Crippen LogP contribution in [0.4, 0.5) is 0 Å². The van der Waals surface area contributed by atoms with Gasteiger partial charge in [-0.15, -0.1) is 0 Å². The summed E-state index contributed by atoms with van der Waals surface area (Å²) in [5, 5.41) is 6.14. The highest BCUT2D eigenvalue weighted by atomic mass is 16.5. The molecule has 3 aromatic rings. The van der Waals surface area contributed by atoms with Crippen molar-refractivity contribution in [1.82, 2.24) is 5.43 Å². The SMILES string of the molecule is CCc1cccc(OCC(=O)N/N=C\c2c(OC)ccc3ccccc23)c1. The third-order valence-electron chi connectivity index (χ3n) is 4.21. The van der Waals surface area contributed by atoms with E-state index in [2.05, 4.69) is 17.5 Å². The molecular weight excluding hydrogens is 340 g/mol. The van der Waals surface area contributed by atoms with Gasteiger partial charge in [0.1, 0.15) is 11.5 Å². The van der Waals surface area contributed by atoms with Crippen molar-refractivity contribution in [3.63, 3.8) is 0 Å². The van der Waals surface area contributed by atoms with Gasteiger partial charge in [-0.2, -0.15) is 5.10 Å². The monoisotopic (exact) mass is 362 g/mol. The van der Waals surface area contributed by atoms with E-state index >= 15 is 0 Å². The molecule has 0 unspecified atom stereocenters. The maximum atomic E-state index is 12.0. The van der Waals surface area contributed by atoms with E-state index in [1.165, 1.54) is 0 Å². The first-order chi connectivity index (χ1) is 13.2. The zero-order valence-corrected chi connectivity index (χ0v) is 15.4. The molecular formula is C22H22N2O3. The van der Waals surface area contributed by atoms with Crippen LogP contribution in [0.15, 0.2) is 65.8 Å². The Morgan fingerprint density at radius 3 is 2.78 bits per heavy atom. The van der Waals surface area contributed by atoms with Crippen LogP contribution in [0.25, 0.3) is 10.8 Å². The van der Waals surface area contributed by atoms with Crippen LogP contribution in [0.3, 0.4) is 0 Å². The van der Waals surface area contributed by atoms with E-state index in [-0.39, 0.29) is 12.5 Å². The Balaban J connectivity index is 1.65. The molecule has 0 aromatic heterocycles. The number of benzene rings is 3. The molecule has 0 aliphatic carbocycles. The molecule has 0 bridgehead atoms. The van der Waals surface area contributed by atoms with Gasteiger partial charge in [-0.25, -0.2) is 5.43 Å². The van der Waals surface area contributed by atoms with Gasteiger partial charge in [0.25, 0.3) is 5.91 Å². The fourth-order valence-corrected chi connectivity index (χ4v) is 2.79. The van der Waals surface area contributed by atoms with Crippen LogP contribution in [-0.2, 0) is 11.2 Å². The summed E-state index contributed by atoms with van der Waals surface area (Å²) in [5.41, 5.74) is 4.47. The predicted octanol–water partition coefficient (Wildman–Crippen LogP) is 3.94. The summed E-state index contributed by atoms with van der Waals surface area (Å²) in [5.74, 6) is 1.04. The minimum absolute atomic E-state index is 0.100. The van der Waals surface area contributed by atoms with Gasteiger partial charge in [-0.3, -0.25) is 4.79 Å². The first kappa shape index (κ1) is 18.5. The standard InChI is InChI=1S/C22H22N2O3/c1-3-16-7-6-9-18(13-16)27-15-22(25)24-23-14-20-19-10-5-4-8-17(19)11-12-21(20)26-2/h4-14H,3,15H2,1-2H3,(H,24,25)/b23-14-. The van der Waals surface area contributed by atoms with E-state index in [9.17, 15) is 4.79 Å². The average Bonchev–Trinajstić information content (AvgIpc) is 2.72. The van der Waals surface area contributed by atoms with Crippen LogP contribution in [-0.4, -0.2) is 25.8 Å². The smallest absolute Gasteiger partial charge is 0.277 e. The summed E-state index contributed by atoms with van der Waals surface area (Å²) < 4.78 is 10.9. The summed E-state index contributed by atoms with van der Waals surface area (Å²) in [6, 6.07) is 19.5.